The molecule has 0 aromatic heterocycles. The van der Waals surface area contributed by atoms with Crippen molar-refractivity contribution in [2.24, 2.45) is 0 Å². The Morgan fingerprint density at radius 1 is 0.529 bits per heavy atom. The average Bonchev–Trinajstić information content (AvgIpc) is 3.30. The van der Waals surface area contributed by atoms with Gasteiger partial charge in [-0.2, -0.15) is 0 Å². The summed E-state index contributed by atoms with van der Waals surface area (Å²) in [6, 6.07) is -0.920. The standard InChI is InChI=1S/C59H107N2O6P/c1-6-8-10-12-14-16-18-20-22-24-26-28-29-30-31-33-34-36-38-40-42-44-46-48-50-52-58(62)57(56-67-68(64,65)66-55-54-61(3,4)5)60-59(63)53-51-49-47-45-43-41-39-37-35-32-27-25-23-21-19-17-15-13-11-9-7-2/h9,11,15,17,21,23,27,32,34,36,42,44,50,52,57-58,62H,6-8,10,12-14,16,18-20,22,24-26,28-31,33,35,37-41,43,45-49,51,53-56H2,1-5H3,(H-,60,63,64,65)/b11-9-,17-15-,23-21-,32-27-,36-34+,44-42+,52-50+. The molecule has 0 aliphatic rings. The highest BCUT2D eigenvalue weighted by molar-refractivity contribution is 7.45. The second-order valence-corrected chi connectivity index (χ2v) is 21.3. The summed E-state index contributed by atoms with van der Waals surface area (Å²) < 4.78 is 23.3. The summed E-state index contributed by atoms with van der Waals surface area (Å²) in [5, 5.41) is 13.8. The van der Waals surface area contributed by atoms with E-state index in [2.05, 4.69) is 92.1 Å². The Balaban J connectivity index is 4.35. The van der Waals surface area contributed by atoms with Gasteiger partial charge in [0.25, 0.3) is 7.82 Å². The molecule has 0 fully saturated rings. The molecule has 3 unspecified atom stereocenters. The van der Waals surface area contributed by atoms with Crippen LogP contribution in [0.2, 0.25) is 0 Å². The van der Waals surface area contributed by atoms with Crippen LogP contribution in [-0.2, 0) is 18.4 Å². The summed E-state index contributed by atoms with van der Waals surface area (Å²) in [6.45, 7) is 4.51. The van der Waals surface area contributed by atoms with Gasteiger partial charge in [0.05, 0.1) is 39.9 Å². The summed E-state index contributed by atoms with van der Waals surface area (Å²) in [5.41, 5.74) is 0. The van der Waals surface area contributed by atoms with Crippen molar-refractivity contribution >= 4 is 13.7 Å². The number of carbonyl (C=O) groups excluding carboxylic acids is 1. The van der Waals surface area contributed by atoms with E-state index in [9.17, 15) is 19.4 Å². The molecule has 0 heterocycles. The van der Waals surface area contributed by atoms with E-state index in [0.717, 1.165) is 83.5 Å². The molecule has 68 heavy (non-hydrogen) atoms. The number of nitrogens with one attached hydrogen (secondary N) is 1. The van der Waals surface area contributed by atoms with Crippen LogP contribution in [-0.4, -0.2) is 68.5 Å². The van der Waals surface area contributed by atoms with Crippen molar-refractivity contribution in [2.45, 2.75) is 244 Å². The molecular formula is C59H107N2O6P. The third-order valence-corrected chi connectivity index (χ3v) is 13.0. The number of unbranched alkanes of at least 4 members (excludes halogenated alkanes) is 25. The van der Waals surface area contributed by atoms with Crippen molar-refractivity contribution in [3.05, 3.63) is 85.1 Å². The maximum atomic E-state index is 12.9. The van der Waals surface area contributed by atoms with Gasteiger partial charge in [-0.1, -0.05) is 227 Å². The van der Waals surface area contributed by atoms with E-state index in [1.165, 1.54) is 128 Å². The first-order valence-corrected chi connectivity index (χ1v) is 29.4. The molecule has 0 rings (SSSR count). The number of phosphoric acid groups is 1. The van der Waals surface area contributed by atoms with Gasteiger partial charge in [-0.3, -0.25) is 9.36 Å². The van der Waals surface area contributed by atoms with E-state index in [0.29, 0.717) is 17.4 Å². The van der Waals surface area contributed by atoms with Crippen LogP contribution < -0.4 is 10.2 Å². The number of allylic oxidation sites excluding steroid dienone is 13. The van der Waals surface area contributed by atoms with Crippen molar-refractivity contribution in [3.8, 4) is 0 Å². The van der Waals surface area contributed by atoms with Gasteiger partial charge in [0.15, 0.2) is 0 Å². The largest absolute Gasteiger partial charge is 0.756 e. The molecule has 0 spiro atoms. The van der Waals surface area contributed by atoms with E-state index in [1.54, 1.807) is 6.08 Å². The number of phosphoric ester groups is 1. The molecule has 0 aliphatic carbocycles. The number of aliphatic hydroxyl groups is 1. The summed E-state index contributed by atoms with van der Waals surface area (Å²) in [6.07, 6.45) is 69.4. The predicted octanol–water partition coefficient (Wildman–Crippen LogP) is 16.2. The SMILES string of the molecule is CC/C=C\C/C=C\C/C=C\C/C=C\CCCCCCCCCCC(=O)NC(COP(=O)([O-])OCC[N+](C)(C)C)C(O)/C=C/CC/C=C/CC/C=C/CCCCCCCCCCCCCCCCC. The lowest BCUT2D eigenvalue weighted by atomic mass is 10.0. The number of likely N-dealkylation sites (N-methyl/N-ethyl adjacent to an activating group) is 1. The maximum Gasteiger partial charge on any atom is 0.268 e. The van der Waals surface area contributed by atoms with Crippen LogP contribution in [0.1, 0.15) is 232 Å². The number of quaternary nitrogens is 1. The van der Waals surface area contributed by atoms with Crippen molar-refractivity contribution in [2.75, 3.05) is 40.9 Å². The first kappa shape index (κ1) is 65.7. The zero-order valence-corrected chi connectivity index (χ0v) is 45.7. The highest BCUT2D eigenvalue weighted by Gasteiger charge is 2.23. The second kappa shape index (κ2) is 49.7. The van der Waals surface area contributed by atoms with Crippen LogP contribution in [0.15, 0.2) is 85.1 Å². The fourth-order valence-corrected chi connectivity index (χ4v) is 8.43. The molecule has 8 nitrogen and oxygen atoms in total. The van der Waals surface area contributed by atoms with E-state index in [1.807, 2.05) is 27.2 Å². The lowest BCUT2D eigenvalue weighted by Crippen LogP contribution is -2.45. The smallest absolute Gasteiger partial charge is 0.268 e. The molecule has 3 atom stereocenters. The molecule has 0 bridgehead atoms. The minimum Gasteiger partial charge on any atom is -0.756 e. The monoisotopic (exact) mass is 971 g/mol. The van der Waals surface area contributed by atoms with Crippen molar-refractivity contribution < 1.29 is 32.9 Å². The third kappa shape index (κ3) is 51.5. The lowest BCUT2D eigenvalue weighted by molar-refractivity contribution is -0.870. The molecule has 0 aliphatic heterocycles. The summed E-state index contributed by atoms with van der Waals surface area (Å²) in [5.74, 6) is -0.222. The molecule has 9 heteroatoms. The van der Waals surface area contributed by atoms with Crippen LogP contribution in [0.4, 0.5) is 0 Å². The van der Waals surface area contributed by atoms with Gasteiger partial charge >= 0.3 is 0 Å². The van der Waals surface area contributed by atoms with Gasteiger partial charge in [-0.05, 0) is 83.5 Å². The highest BCUT2D eigenvalue weighted by atomic mass is 31.2. The third-order valence-electron chi connectivity index (χ3n) is 12.1. The van der Waals surface area contributed by atoms with E-state index >= 15 is 0 Å². The molecule has 0 aromatic carbocycles. The zero-order valence-electron chi connectivity index (χ0n) is 44.8. The summed E-state index contributed by atoms with van der Waals surface area (Å²) in [7, 11) is 1.22. The molecule has 1 amide bonds. The van der Waals surface area contributed by atoms with Crippen molar-refractivity contribution in [3.63, 3.8) is 0 Å². The zero-order chi connectivity index (χ0) is 49.9. The second-order valence-electron chi connectivity index (χ2n) is 19.9. The highest BCUT2D eigenvalue weighted by Crippen LogP contribution is 2.38. The van der Waals surface area contributed by atoms with Gasteiger partial charge < -0.3 is 28.8 Å². The minimum atomic E-state index is -4.62. The van der Waals surface area contributed by atoms with Crippen LogP contribution in [0.3, 0.4) is 0 Å². The van der Waals surface area contributed by atoms with Crippen LogP contribution in [0.5, 0.6) is 0 Å². The number of aliphatic hydroxyl groups excluding tert-OH is 1. The van der Waals surface area contributed by atoms with E-state index < -0.39 is 26.6 Å². The van der Waals surface area contributed by atoms with Crippen LogP contribution in [0.25, 0.3) is 0 Å². The Kier molecular flexibility index (Phi) is 48.0. The predicted molar refractivity (Wildman–Crippen MR) is 293 cm³/mol. The topological polar surface area (TPSA) is 108 Å². The normalized spacial score (nSPS) is 14.6. The van der Waals surface area contributed by atoms with Gasteiger partial charge in [0, 0.05) is 6.42 Å². The molecule has 0 saturated heterocycles. The Bertz CT molecular complexity index is 1380. The fourth-order valence-electron chi connectivity index (χ4n) is 7.71. The van der Waals surface area contributed by atoms with Gasteiger partial charge in [0.1, 0.15) is 13.2 Å². The van der Waals surface area contributed by atoms with Gasteiger partial charge in [-0.15, -0.1) is 0 Å². The molecule has 0 radical (unpaired) electrons. The lowest BCUT2D eigenvalue weighted by Gasteiger charge is -2.29. The number of nitrogens with zero attached hydrogens (tertiary/aromatic N) is 1. The summed E-state index contributed by atoms with van der Waals surface area (Å²) >= 11 is 0. The summed E-state index contributed by atoms with van der Waals surface area (Å²) in [4.78, 5) is 25.5. The number of rotatable bonds is 50. The van der Waals surface area contributed by atoms with Crippen molar-refractivity contribution in [1.82, 2.24) is 5.32 Å². The van der Waals surface area contributed by atoms with Gasteiger partial charge in [0.2, 0.25) is 5.91 Å². The number of carbonyl (C=O) groups is 1. The molecular weight excluding hydrogens is 864 g/mol. The number of amides is 1. The Hall–Kier alpha value is -2.32. The maximum absolute atomic E-state index is 12.9. The number of hydrogen-bond acceptors (Lipinski definition) is 6. The molecule has 2 N–H and O–H groups in total. The molecule has 0 aromatic rings. The fraction of sp³-hybridized carbons (Fsp3) is 0.746. The molecule has 0 saturated carbocycles. The van der Waals surface area contributed by atoms with Crippen LogP contribution in [0, 0.1) is 0 Å². The first-order valence-electron chi connectivity index (χ1n) is 27.9. The quantitative estimate of drug-likeness (QED) is 0.0272. The Morgan fingerprint density at radius 3 is 1.37 bits per heavy atom. The number of hydrogen-bond donors (Lipinski definition) is 2. The van der Waals surface area contributed by atoms with Gasteiger partial charge in [-0.25, -0.2) is 0 Å². The first-order chi connectivity index (χ1) is 33.0. The van der Waals surface area contributed by atoms with E-state index in [-0.39, 0.29) is 12.5 Å². The van der Waals surface area contributed by atoms with E-state index in [4.69, 9.17) is 9.05 Å². The van der Waals surface area contributed by atoms with Crippen molar-refractivity contribution in [1.29, 1.82) is 0 Å². The van der Waals surface area contributed by atoms with Crippen LogP contribution >= 0.6 is 7.82 Å². The molecule has 394 valence electrons. The average molecular weight is 971 g/mol. The Labute approximate surface area is 420 Å². The Morgan fingerprint density at radius 2 is 0.912 bits per heavy atom. The minimum absolute atomic E-state index is 0.0147.